The molecule has 9 heteroatoms. The molecule has 1 heterocycles. The minimum atomic E-state index is -0.721. The molecule has 1 aromatic rings. The third-order valence-electron chi connectivity index (χ3n) is 4.93. The molecule has 0 saturated carbocycles. The zero-order valence-electron chi connectivity index (χ0n) is 21.4. The molecule has 0 spiro atoms. The topological polar surface area (TPSA) is 99.9 Å². The molecule has 1 aromatic heterocycles. The number of carbonyl (C=O) groups is 2. The summed E-state index contributed by atoms with van der Waals surface area (Å²) in [6.45, 7) is 5.59. The fourth-order valence-electron chi connectivity index (χ4n) is 2.95. The molecule has 2 atom stereocenters. The number of halogens is 1. The molecular formula is C26H43ClN2O6. The summed E-state index contributed by atoms with van der Waals surface area (Å²) in [6.07, 6.45) is 21.8. The smallest absolute Gasteiger partial charge is 0.454 e. The van der Waals surface area contributed by atoms with Gasteiger partial charge >= 0.3 is 11.6 Å². The lowest BCUT2D eigenvalue weighted by Gasteiger charge is -2.16. The maximum Gasteiger partial charge on any atom is 0.508 e. The number of aliphatic hydroxyl groups is 1. The average molecular weight is 515 g/mol. The molecule has 0 aromatic carbocycles. The summed E-state index contributed by atoms with van der Waals surface area (Å²) in [7, 11) is 1.94. The maximum absolute atomic E-state index is 11.0. The van der Waals surface area contributed by atoms with E-state index in [2.05, 4.69) is 34.0 Å². The lowest BCUT2D eigenvalue weighted by molar-refractivity contribution is 0.0433. The first kappa shape index (κ1) is 32.7. The number of nitrogens with zero attached hydrogens (tertiary/aromatic N) is 2. The standard InChI is InChI=1S/C11H18O3.C7H12O.C4H7ClO2.C4H6N2/c1-2-8-13-11(12)14-9-10-6-4-3-5-7-10;8-6-7-4-2-1-3-5-7;1-2-3-7-4(5)6;1-6-3-2-5-4-6/h3-4,10H,2,5-9H2,1H3;1-2,7-8H,3-6H2;2-3H2,1H3;2-4H,1H3. The molecule has 0 bridgehead atoms. The Kier molecular flexibility index (Phi) is 21.9. The highest BCUT2D eigenvalue weighted by molar-refractivity contribution is 6.61. The molecule has 3 rings (SSSR count). The normalized spacial score (nSPS) is 17.9. The molecule has 0 radical (unpaired) electrons. The number of hydrogen-bond acceptors (Lipinski definition) is 7. The van der Waals surface area contributed by atoms with E-state index in [9.17, 15) is 9.59 Å². The van der Waals surface area contributed by atoms with Crippen molar-refractivity contribution in [3.05, 3.63) is 43.0 Å². The first-order chi connectivity index (χ1) is 16.9. The van der Waals surface area contributed by atoms with E-state index in [1.54, 1.807) is 12.5 Å². The second-order valence-electron chi connectivity index (χ2n) is 8.21. The molecule has 200 valence electrons. The summed E-state index contributed by atoms with van der Waals surface area (Å²) >= 11 is 4.80. The van der Waals surface area contributed by atoms with E-state index in [4.69, 9.17) is 26.2 Å². The van der Waals surface area contributed by atoms with Crippen LogP contribution in [-0.2, 0) is 21.3 Å². The lowest BCUT2D eigenvalue weighted by atomic mass is 9.95. The predicted octanol–water partition coefficient (Wildman–Crippen LogP) is 6.43. The number of rotatable bonds is 7. The summed E-state index contributed by atoms with van der Waals surface area (Å²) in [6, 6.07) is 0. The van der Waals surface area contributed by atoms with Crippen molar-refractivity contribution in [2.24, 2.45) is 18.9 Å². The van der Waals surface area contributed by atoms with Crippen LogP contribution in [0.1, 0.15) is 65.2 Å². The van der Waals surface area contributed by atoms with Gasteiger partial charge < -0.3 is 23.9 Å². The van der Waals surface area contributed by atoms with Crippen molar-refractivity contribution in [2.75, 3.05) is 26.4 Å². The van der Waals surface area contributed by atoms with Gasteiger partial charge in [0, 0.05) is 37.6 Å². The van der Waals surface area contributed by atoms with Crippen LogP contribution in [0.4, 0.5) is 9.59 Å². The molecule has 0 fully saturated rings. The third-order valence-corrected chi connectivity index (χ3v) is 5.04. The predicted molar refractivity (Wildman–Crippen MR) is 138 cm³/mol. The van der Waals surface area contributed by atoms with E-state index in [-0.39, 0.29) is 0 Å². The maximum atomic E-state index is 11.0. The Morgan fingerprint density at radius 2 is 1.57 bits per heavy atom. The summed E-state index contributed by atoms with van der Waals surface area (Å²) in [5, 5.41) is 8.66. The van der Waals surface area contributed by atoms with E-state index in [1.807, 2.05) is 31.7 Å². The van der Waals surface area contributed by atoms with Crippen LogP contribution in [0.15, 0.2) is 43.0 Å². The number of ether oxygens (including phenoxy) is 3. The van der Waals surface area contributed by atoms with Crippen LogP contribution in [0.5, 0.6) is 0 Å². The van der Waals surface area contributed by atoms with Crippen LogP contribution in [-0.4, -0.2) is 52.7 Å². The van der Waals surface area contributed by atoms with E-state index in [0.717, 1.165) is 44.9 Å². The molecule has 0 amide bonds. The van der Waals surface area contributed by atoms with Gasteiger partial charge in [-0.15, -0.1) is 0 Å². The number of imidazole rings is 1. The number of carbonyl (C=O) groups excluding carboxylic acids is 2. The van der Waals surface area contributed by atoms with E-state index in [1.165, 1.54) is 6.42 Å². The van der Waals surface area contributed by atoms with Crippen molar-refractivity contribution in [3.63, 3.8) is 0 Å². The van der Waals surface area contributed by atoms with Crippen molar-refractivity contribution in [3.8, 4) is 0 Å². The highest BCUT2D eigenvalue weighted by atomic mass is 35.5. The van der Waals surface area contributed by atoms with Crippen molar-refractivity contribution in [1.82, 2.24) is 9.55 Å². The minimum Gasteiger partial charge on any atom is -0.454 e. The third kappa shape index (κ3) is 21.9. The van der Waals surface area contributed by atoms with Gasteiger partial charge in [-0.2, -0.15) is 0 Å². The largest absolute Gasteiger partial charge is 0.508 e. The van der Waals surface area contributed by atoms with E-state index >= 15 is 0 Å². The van der Waals surface area contributed by atoms with E-state index < -0.39 is 11.6 Å². The summed E-state index contributed by atoms with van der Waals surface area (Å²) in [5.41, 5.74) is -0.721. The van der Waals surface area contributed by atoms with Gasteiger partial charge in [0.1, 0.15) is 0 Å². The monoisotopic (exact) mass is 514 g/mol. The number of hydrogen-bond donors (Lipinski definition) is 1. The van der Waals surface area contributed by atoms with Gasteiger partial charge in [-0.1, -0.05) is 38.2 Å². The first-order valence-corrected chi connectivity index (χ1v) is 12.7. The van der Waals surface area contributed by atoms with Gasteiger partial charge in [0.05, 0.1) is 26.1 Å². The Balaban J connectivity index is 0.000000471. The van der Waals surface area contributed by atoms with Crippen LogP contribution in [0.25, 0.3) is 0 Å². The number of aryl methyl sites for hydroxylation is 1. The number of aliphatic hydroxyl groups excluding tert-OH is 1. The van der Waals surface area contributed by atoms with Gasteiger partial charge in [-0.25, -0.2) is 14.6 Å². The second kappa shape index (κ2) is 23.4. The first-order valence-electron chi connectivity index (χ1n) is 12.4. The highest BCUT2D eigenvalue weighted by Gasteiger charge is 2.13. The molecule has 2 unspecified atom stereocenters. The van der Waals surface area contributed by atoms with Gasteiger partial charge in [-0.05, 0) is 63.2 Å². The molecule has 0 saturated heterocycles. The van der Waals surface area contributed by atoms with Gasteiger partial charge in [-0.3, -0.25) is 0 Å². The van der Waals surface area contributed by atoms with Crippen LogP contribution < -0.4 is 0 Å². The Bertz CT molecular complexity index is 694. The van der Waals surface area contributed by atoms with E-state index in [0.29, 0.717) is 38.3 Å². The van der Waals surface area contributed by atoms with Crippen LogP contribution in [0.2, 0.25) is 0 Å². The molecule has 8 nitrogen and oxygen atoms in total. The molecule has 35 heavy (non-hydrogen) atoms. The van der Waals surface area contributed by atoms with Crippen molar-refractivity contribution in [1.29, 1.82) is 0 Å². The fraction of sp³-hybridized carbons (Fsp3) is 0.654. The second-order valence-corrected chi connectivity index (χ2v) is 8.52. The van der Waals surface area contributed by atoms with Gasteiger partial charge in [0.2, 0.25) is 0 Å². The molecule has 2 aliphatic rings. The zero-order valence-corrected chi connectivity index (χ0v) is 22.2. The Morgan fingerprint density at radius 3 is 1.91 bits per heavy atom. The molecular weight excluding hydrogens is 472 g/mol. The molecule has 1 N–H and O–H groups in total. The highest BCUT2D eigenvalue weighted by Crippen LogP contribution is 2.18. The molecule has 2 aliphatic carbocycles. The Morgan fingerprint density at radius 1 is 0.971 bits per heavy atom. The summed E-state index contributed by atoms with van der Waals surface area (Å²) in [5.74, 6) is 1.04. The fourth-order valence-corrected chi connectivity index (χ4v) is 3.03. The van der Waals surface area contributed by atoms with Crippen LogP contribution >= 0.6 is 11.6 Å². The Hall–Kier alpha value is -2.32. The number of allylic oxidation sites excluding steroid dienone is 4. The Labute approximate surface area is 215 Å². The SMILES string of the molecule is CCCOC(=O)Cl.CCCOC(=O)OCC1CC=CCC1.Cn1ccnc1.OCC1CC=CCC1. The van der Waals surface area contributed by atoms with Crippen molar-refractivity contribution >= 4 is 23.2 Å². The zero-order chi connectivity index (χ0) is 26.2. The van der Waals surface area contributed by atoms with Crippen LogP contribution in [0.3, 0.4) is 0 Å². The van der Waals surface area contributed by atoms with Crippen molar-refractivity contribution < 1.29 is 28.9 Å². The summed E-state index contributed by atoms with van der Waals surface area (Å²) in [4.78, 5) is 24.5. The lowest BCUT2D eigenvalue weighted by Crippen LogP contribution is -2.16. The van der Waals surface area contributed by atoms with Gasteiger partial charge in [0.25, 0.3) is 0 Å². The summed E-state index contributed by atoms with van der Waals surface area (Å²) < 4.78 is 16.0. The molecule has 0 aliphatic heterocycles. The quantitative estimate of drug-likeness (QED) is 0.254. The van der Waals surface area contributed by atoms with Gasteiger partial charge in [0.15, 0.2) is 0 Å². The van der Waals surface area contributed by atoms with Crippen molar-refractivity contribution in [2.45, 2.75) is 65.2 Å². The minimum absolute atomic E-state index is 0.365. The number of aromatic nitrogens is 2. The van der Waals surface area contributed by atoms with Crippen LogP contribution in [0, 0.1) is 11.8 Å². The average Bonchev–Trinajstić information content (AvgIpc) is 3.38.